The summed E-state index contributed by atoms with van der Waals surface area (Å²) >= 11 is 1.59. The lowest BCUT2D eigenvalue weighted by Crippen LogP contribution is -2.29. The molecule has 0 aromatic carbocycles. The number of aromatic nitrogens is 2. The monoisotopic (exact) mass is 305 g/mol. The molecule has 0 aliphatic carbocycles. The molecular formula is C13H18F3N3S. The molecule has 2 rings (SSSR count). The Morgan fingerprint density at radius 3 is 2.75 bits per heavy atom. The molecule has 0 bridgehead atoms. The Morgan fingerprint density at radius 1 is 1.35 bits per heavy atom. The van der Waals surface area contributed by atoms with Crippen LogP contribution >= 0.6 is 11.8 Å². The third-order valence-electron chi connectivity index (χ3n) is 3.32. The van der Waals surface area contributed by atoms with E-state index in [1.54, 1.807) is 11.8 Å². The highest BCUT2D eigenvalue weighted by Gasteiger charge is 2.37. The van der Waals surface area contributed by atoms with Gasteiger partial charge in [-0.1, -0.05) is 13.8 Å². The molecule has 2 heterocycles. The van der Waals surface area contributed by atoms with E-state index in [1.165, 1.54) is 0 Å². The molecule has 1 atom stereocenters. The predicted molar refractivity (Wildman–Crippen MR) is 73.5 cm³/mol. The molecule has 3 nitrogen and oxygen atoms in total. The molecule has 0 amide bonds. The number of hydrogen-bond donors (Lipinski definition) is 1. The van der Waals surface area contributed by atoms with Crippen molar-refractivity contribution in [3.8, 4) is 0 Å². The standard InChI is InChI=1S/C13H18F3N3S/c1-3-8(2)20-7-11-18-10-4-5-17-6-9(10)12(19-11)13(14,15)16/h8,17H,3-7H2,1-2H3. The lowest BCUT2D eigenvalue weighted by Gasteiger charge is -2.21. The number of hydrogen-bond acceptors (Lipinski definition) is 4. The van der Waals surface area contributed by atoms with Crippen LogP contribution in [0, 0.1) is 0 Å². The third-order valence-corrected chi connectivity index (χ3v) is 4.65. The van der Waals surface area contributed by atoms with E-state index in [9.17, 15) is 13.2 Å². The van der Waals surface area contributed by atoms with Gasteiger partial charge in [-0.3, -0.25) is 0 Å². The van der Waals surface area contributed by atoms with E-state index in [0.29, 0.717) is 35.5 Å². The number of thioether (sulfide) groups is 1. The highest BCUT2D eigenvalue weighted by atomic mass is 32.2. The summed E-state index contributed by atoms with van der Waals surface area (Å²) < 4.78 is 39.3. The van der Waals surface area contributed by atoms with Gasteiger partial charge in [0.05, 0.1) is 11.4 Å². The van der Waals surface area contributed by atoms with E-state index in [4.69, 9.17) is 0 Å². The van der Waals surface area contributed by atoms with Crippen molar-refractivity contribution in [3.05, 3.63) is 22.8 Å². The number of alkyl halides is 3. The Bertz CT molecular complexity index is 477. The maximum Gasteiger partial charge on any atom is 0.433 e. The summed E-state index contributed by atoms with van der Waals surface area (Å²) in [4.78, 5) is 8.09. The second-order valence-electron chi connectivity index (χ2n) is 4.87. The average molecular weight is 305 g/mol. The van der Waals surface area contributed by atoms with E-state index in [-0.39, 0.29) is 12.1 Å². The average Bonchev–Trinajstić information content (AvgIpc) is 2.42. The quantitative estimate of drug-likeness (QED) is 0.927. The lowest BCUT2D eigenvalue weighted by atomic mass is 10.0. The van der Waals surface area contributed by atoms with Gasteiger partial charge in [0, 0.05) is 30.3 Å². The summed E-state index contributed by atoms with van der Waals surface area (Å²) in [5.41, 5.74) is -0.0127. The number of nitrogens with zero attached hydrogens (tertiary/aromatic N) is 2. The van der Waals surface area contributed by atoms with Crippen molar-refractivity contribution in [2.75, 3.05) is 6.54 Å². The van der Waals surface area contributed by atoms with Gasteiger partial charge < -0.3 is 5.32 Å². The van der Waals surface area contributed by atoms with Gasteiger partial charge in [0.2, 0.25) is 0 Å². The molecule has 1 aromatic rings. The molecule has 0 spiro atoms. The fourth-order valence-electron chi connectivity index (χ4n) is 2.03. The first-order chi connectivity index (χ1) is 9.41. The van der Waals surface area contributed by atoms with Crippen LogP contribution in [0.15, 0.2) is 0 Å². The van der Waals surface area contributed by atoms with Crippen molar-refractivity contribution in [3.63, 3.8) is 0 Å². The highest BCUT2D eigenvalue weighted by Crippen LogP contribution is 2.33. The number of rotatable bonds is 4. The van der Waals surface area contributed by atoms with Crippen LogP contribution in [-0.4, -0.2) is 21.8 Å². The van der Waals surface area contributed by atoms with Crippen LogP contribution in [0.3, 0.4) is 0 Å². The molecule has 0 saturated carbocycles. The van der Waals surface area contributed by atoms with Gasteiger partial charge in [-0.25, -0.2) is 9.97 Å². The van der Waals surface area contributed by atoms with E-state index >= 15 is 0 Å². The van der Waals surface area contributed by atoms with E-state index in [1.807, 2.05) is 0 Å². The maximum absolute atomic E-state index is 13.1. The van der Waals surface area contributed by atoms with E-state index in [0.717, 1.165) is 6.42 Å². The topological polar surface area (TPSA) is 37.8 Å². The molecule has 7 heteroatoms. The summed E-state index contributed by atoms with van der Waals surface area (Å²) in [7, 11) is 0. The van der Waals surface area contributed by atoms with Crippen LogP contribution in [0.25, 0.3) is 0 Å². The summed E-state index contributed by atoms with van der Waals surface area (Å²) in [6, 6.07) is 0. The van der Waals surface area contributed by atoms with Crippen LogP contribution in [0.2, 0.25) is 0 Å². The molecule has 0 fully saturated rings. The fourth-order valence-corrected chi connectivity index (χ4v) is 2.83. The minimum atomic E-state index is -4.41. The summed E-state index contributed by atoms with van der Waals surface area (Å²) in [6.45, 7) is 4.97. The van der Waals surface area contributed by atoms with E-state index in [2.05, 4.69) is 29.1 Å². The Labute approximate surface area is 120 Å². The fraction of sp³-hybridized carbons (Fsp3) is 0.692. The minimum Gasteiger partial charge on any atom is -0.312 e. The van der Waals surface area contributed by atoms with Crippen molar-refractivity contribution in [1.82, 2.24) is 15.3 Å². The molecule has 1 aliphatic heterocycles. The molecule has 0 radical (unpaired) electrons. The summed E-state index contributed by atoms with van der Waals surface area (Å²) in [5, 5.41) is 3.34. The first-order valence-corrected chi connectivity index (χ1v) is 7.74. The van der Waals surface area contributed by atoms with Crippen LogP contribution in [0.4, 0.5) is 13.2 Å². The molecule has 1 unspecified atom stereocenters. The number of halogens is 3. The third kappa shape index (κ3) is 3.63. The van der Waals surface area contributed by atoms with Crippen LogP contribution in [-0.2, 0) is 24.9 Å². The van der Waals surface area contributed by atoms with Gasteiger partial charge in [-0.05, 0) is 6.42 Å². The summed E-state index contributed by atoms with van der Waals surface area (Å²) in [6.07, 6.45) is -2.91. The molecule has 1 aliphatic rings. The molecule has 0 saturated heterocycles. The SMILES string of the molecule is CCC(C)SCc1nc2c(c(C(F)(F)F)n1)CNCC2. The van der Waals surface area contributed by atoms with Crippen LogP contribution < -0.4 is 5.32 Å². The van der Waals surface area contributed by atoms with Gasteiger partial charge in [-0.2, -0.15) is 24.9 Å². The van der Waals surface area contributed by atoms with Gasteiger partial charge in [0.25, 0.3) is 0 Å². The van der Waals surface area contributed by atoms with Crippen molar-refractivity contribution in [1.29, 1.82) is 0 Å². The van der Waals surface area contributed by atoms with Crippen molar-refractivity contribution in [2.24, 2.45) is 0 Å². The van der Waals surface area contributed by atoms with Crippen LogP contribution in [0.1, 0.15) is 43.0 Å². The van der Waals surface area contributed by atoms with Gasteiger partial charge in [0.15, 0.2) is 5.69 Å². The molecule has 1 N–H and O–H groups in total. The van der Waals surface area contributed by atoms with Gasteiger partial charge in [0.1, 0.15) is 5.82 Å². The van der Waals surface area contributed by atoms with Crippen molar-refractivity contribution < 1.29 is 13.2 Å². The first kappa shape index (κ1) is 15.6. The second kappa shape index (κ2) is 6.30. The molecule has 20 heavy (non-hydrogen) atoms. The number of fused-ring (bicyclic) bond motifs is 1. The molecule has 112 valence electrons. The number of nitrogens with one attached hydrogen (secondary N) is 1. The zero-order valence-corrected chi connectivity index (χ0v) is 12.4. The van der Waals surface area contributed by atoms with E-state index < -0.39 is 11.9 Å². The Balaban J connectivity index is 2.30. The van der Waals surface area contributed by atoms with Crippen molar-refractivity contribution >= 4 is 11.8 Å². The Kier molecular flexibility index (Phi) is 4.90. The van der Waals surface area contributed by atoms with Gasteiger partial charge in [-0.15, -0.1) is 0 Å². The zero-order chi connectivity index (χ0) is 14.8. The lowest BCUT2D eigenvalue weighted by molar-refractivity contribution is -0.142. The van der Waals surface area contributed by atoms with Crippen molar-refractivity contribution in [2.45, 2.75) is 50.4 Å². The predicted octanol–water partition coefficient (Wildman–Crippen LogP) is 3.17. The highest BCUT2D eigenvalue weighted by molar-refractivity contribution is 7.99. The normalized spacial score (nSPS) is 16.9. The first-order valence-electron chi connectivity index (χ1n) is 6.70. The Morgan fingerprint density at radius 2 is 2.10 bits per heavy atom. The minimum absolute atomic E-state index is 0.197. The van der Waals surface area contributed by atoms with Crippen LogP contribution in [0.5, 0.6) is 0 Å². The second-order valence-corrected chi connectivity index (χ2v) is 6.29. The zero-order valence-electron chi connectivity index (χ0n) is 11.5. The summed E-state index contributed by atoms with van der Waals surface area (Å²) in [5.74, 6) is 0.724. The Hall–Kier alpha value is -0.820. The smallest absolute Gasteiger partial charge is 0.312 e. The molecular weight excluding hydrogens is 287 g/mol. The van der Waals surface area contributed by atoms with Gasteiger partial charge >= 0.3 is 6.18 Å². The molecule has 1 aromatic heterocycles. The maximum atomic E-state index is 13.1. The largest absolute Gasteiger partial charge is 0.433 e.